The molecule has 0 saturated carbocycles. The number of hydrogen-bond acceptors (Lipinski definition) is 3. The van der Waals surface area contributed by atoms with Crippen LogP contribution in [0.5, 0.6) is 0 Å². The van der Waals surface area contributed by atoms with Crippen LogP contribution in [0.3, 0.4) is 0 Å². The lowest BCUT2D eigenvalue weighted by Gasteiger charge is -2.31. The fourth-order valence-electron chi connectivity index (χ4n) is 2.56. The Labute approximate surface area is 107 Å². The molecule has 0 aromatic carbocycles. The van der Waals surface area contributed by atoms with Crippen molar-refractivity contribution in [3.8, 4) is 0 Å². The third-order valence-electron chi connectivity index (χ3n) is 3.64. The average molecular weight is 242 g/mol. The van der Waals surface area contributed by atoms with Gasteiger partial charge in [0.2, 0.25) is 0 Å². The van der Waals surface area contributed by atoms with Crippen molar-refractivity contribution in [1.29, 1.82) is 0 Å². The quantitative estimate of drug-likeness (QED) is 0.627. The molecule has 1 saturated heterocycles. The number of piperidine rings is 1. The summed E-state index contributed by atoms with van der Waals surface area (Å²) >= 11 is 0. The second-order valence-electron chi connectivity index (χ2n) is 5.02. The molecule has 0 radical (unpaired) electrons. The molecule has 1 N–H and O–H groups in total. The van der Waals surface area contributed by atoms with E-state index < -0.39 is 0 Å². The van der Waals surface area contributed by atoms with E-state index in [0.29, 0.717) is 0 Å². The third-order valence-corrected chi connectivity index (χ3v) is 3.64. The van der Waals surface area contributed by atoms with E-state index in [9.17, 15) is 0 Å². The molecule has 3 heteroatoms. The minimum atomic E-state index is 0.826. The summed E-state index contributed by atoms with van der Waals surface area (Å²) in [5.41, 5.74) is 0. The van der Waals surface area contributed by atoms with Gasteiger partial charge >= 0.3 is 0 Å². The van der Waals surface area contributed by atoms with E-state index >= 15 is 0 Å². The fraction of sp³-hybridized carbons (Fsp3) is 1.00. The molecule has 0 atom stereocenters. The lowest BCUT2D eigenvalue weighted by molar-refractivity contribution is 0.145. The largest absolute Gasteiger partial charge is 0.380 e. The highest BCUT2D eigenvalue weighted by atomic mass is 16.5. The Bertz CT molecular complexity index is 168. The second kappa shape index (κ2) is 9.86. The Balaban J connectivity index is 1.91. The van der Waals surface area contributed by atoms with Gasteiger partial charge in [-0.2, -0.15) is 0 Å². The molecule has 17 heavy (non-hydrogen) atoms. The van der Waals surface area contributed by atoms with Crippen LogP contribution in [0.15, 0.2) is 0 Å². The summed E-state index contributed by atoms with van der Waals surface area (Å²) < 4.78 is 5.29. The molecule has 1 aliphatic heterocycles. The molecule has 0 unspecified atom stereocenters. The Kier molecular flexibility index (Phi) is 8.67. The molecule has 1 fully saturated rings. The zero-order chi connectivity index (χ0) is 12.3. The molecule has 3 nitrogen and oxygen atoms in total. The highest BCUT2D eigenvalue weighted by Gasteiger charge is 2.17. The van der Waals surface area contributed by atoms with Crippen LogP contribution in [-0.4, -0.2) is 50.8 Å². The van der Waals surface area contributed by atoms with Crippen LogP contribution < -0.4 is 5.32 Å². The second-order valence-corrected chi connectivity index (χ2v) is 5.02. The summed E-state index contributed by atoms with van der Waals surface area (Å²) in [5, 5.41) is 3.44. The normalized spacial score (nSPS) is 18.7. The molecule has 0 aliphatic carbocycles. The van der Waals surface area contributed by atoms with Crippen LogP contribution in [-0.2, 0) is 4.74 Å². The van der Waals surface area contributed by atoms with Crippen molar-refractivity contribution in [3.05, 3.63) is 0 Å². The molecule has 1 rings (SSSR count). The topological polar surface area (TPSA) is 24.5 Å². The van der Waals surface area contributed by atoms with Crippen molar-refractivity contribution >= 4 is 0 Å². The minimum Gasteiger partial charge on any atom is -0.380 e. The van der Waals surface area contributed by atoms with Gasteiger partial charge in [-0.05, 0) is 38.8 Å². The van der Waals surface area contributed by atoms with Crippen molar-refractivity contribution in [2.45, 2.75) is 39.5 Å². The summed E-state index contributed by atoms with van der Waals surface area (Å²) in [6.07, 6.45) is 5.60. The summed E-state index contributed by atoms with van der Waals surface area (Å²) in [6.45, 7) is 11.9. The van der Waals surface area contributed by atoms with E-state index in [4.69, 9.17) is 4.74 Å². The van der Waals surface area contributed by atoms with Crippen LogP contribution in [0, 0.1) is 5.92 Å². The Morgan fingerprint density at radius 2 is 1.94 bits per heavy atom. The molecule has 1 heterocycles. The molecule has 0 amide bonds. The number of rotatable bonds is 9. The lowest BCUT2D eigenvalue weighted by atomic mass is 9.92. The maximum atomic E-state index is 5.29. The van der Waals surface area contributed by atoms with Crippen molar-refractivity contribution in [2.24, 2.45) is 5.92 Å². The SMILES string of the molecule is CCCC1CCN(CCNCCOCC)CC1. The number of hydrogen-bond donors (Lipinski definition) is 1. The molecule has 102 valence electrons. The number of nitrogens with zero attached hydrogens (tertiary/aromatic N) is 1. The van der Waals surface area contributed by atoms with Crippen LogP contribution in [0.1, 0.15) is 39.5 Å². The summed E-state index contributed by atoms with van der Waals surface area (Å²) in [4.78, 5) is 2.60. The van der Waals surface area contributed by atoms with Crippen molar-refractivity contribution < 1.29 is 4.74 Å². The molecular weight excluding hydrogens is 212 g/mol. The van der Waals surface area contributed by atoms with Gasteiger partial charge in [-0.25, -0.2) is 0 Å². The molecule has 0 spiro atoms. The maximum absolute atomic E-state index is 5.29. The standard InChI is InChI=1S/C14H30N2O/c1-3-5-14-6-10-16(11-7-14)12-8-15-9-13-17-4-2/h14-15H,3-13H2,1-2H3. The van der Waals surface area contributed by atoms with Gasteiger partial charge in [0.05, 0.1) is 6.61 Å². The van der Waals surface area contributed by atoms with Crippen LogP contribution in [0.25, 0.3) is 0 Å². The lowest BCUT2D eigenvalue weighted by Crippen LogP contribution is -2.38. The Morgan fingerprint density at radius 3 is 2.59 bits per heavy atom. The number of likely N-dealkylation sites (tertiary alicyclic amines) is 1. The van der Waals surface area contributed by atoms with E-state index in [2.05, 4.69) is 17.1 Å². The first kappa shape index (κ1) is 14.9. The predicted molar refractivity (Wildman–Crippen MR) is 73.4 cm³/mol. The average Bonchev–Trinajstić information content (AvgIpc) is 2.36. The smallest absolute Gasteiger partial charge is 0.0590 e. The number of ether oxygens (including phenoxy) is 1. The molecule has 0 aromatic rings. The third kappa shape index (κ3) is 7.02. The van der Waals surface area contributed by atoms with Gasteiger partial charge in [-0.3, -0.25) is 0 Å². The first-order chi connectivity index (χ1) is 8.36. The Morgan fingerprint density at radius 1 is 1.18 bits per heavy atom. The van der Waals surface area contributed by atoms with Gasteiger partial charge in [-0.1, -0.05) is 19.8 Å². The number of nitrogens with one attached hydrogen (secondary N) is 1. The van der Waals surface area contributed by atoms with Crippen LogP contribution in [0.2, 0.25) is 0 Å². The van der Waals surface area contributed by atoms with Gasteiger partial charge in [0.1, 0.15) is 0 Å². The van der Waals surface area contributed by atoms with Crippen LogP contribution >= 0.6 is 0 Å². The van der Waals surface area contributed by atoms with Crippen molar-refractivity contribution in [2.75, 3.05) is 45.9 Å². The van der Waals surface area contributed by atoms with Gasteiger partial charge < -0.3 is 15.0 Å². The van der Waals surface area contributed by atoms with Gasteiger partial charge in [0, 0.05) is 26.2 Å². The van der Waals surface area contributed by atoms with Gasteiger partial charge in [-0.15, -0.1) is 0 Å². The first-order valence-corrected chi connectivity index (χ1v) is 7.37. The summed E-state index contributed by atoms with van der Waals surface area (Å²) in [5.74, 6) is 1.00. The van der Waals surface area contributed by atoms with E-state index in [-0.39, 0.29) is 0 Å². The molecule has 0 bridgehead atoms. The fourth-order valence-corrected chi connectivity index (χ4v) is 2.56. The van der Waals surface area contributed by atoms with E-state index in [0.717, 1.165) is 32.2 Å². The highest BCUT2D eigenvalue weighted by Crippen LogP contribution is 2.21. The highest BCUT2D eigenvalue weighted by molar-refractivity contribution is 4.72. The summed E-state index contributed by atoms with van der Waals surface area (Å²) in [7, 11) is 0. The van der Waals surface area contributed by atoms with E-state index in [1.807, 2.05) is 6.92 Å². The maximum Gasteiger partial charge on any atom is 0.0590 e. The molecular formula is C14H30N2O. The van der Waals surface area contributed by atoms with E-state index in [1.54, 1.807) is 0 Å². The van der Waals surface area contributed by atoms with E-state index in [1.165, 1.54) is 45.3 Å². The minimum absolute atomic E-state index is 0.826. The summed E-state index contributed by atoms with van der Waals surface area (Å²) in [6, 6.07) is 0. The van der Waals surface area contributed by atoms with Gasteiger partial charge in [0.15, 0.2) is 0 Å². The van der Waals surface area contributed by atoms with Crippen LogP contribution in [0.4, 0.5) is 0 Å². The first-order valence-electron chi connectivity index (χ1n) is 7.37. The van der Waals surface area contributed by atoms with Crippen molar-refractivity contribution in [1.82, 2.24) is 10.2 Å². The molecule has 0 aromatic heterocycles. The van der Waals surface area contributed by atoms with Gasteiger partial charge in [0.25, 0.3) is 0 Å². The zero-order valence-electron chi connectivity index (χ0n) is 11.7. The van der Waals surface area contributed by atoms with Crippen molar-refractivity contribution in [3.63, 3.8) is 0 Å². The predicted octanol–water partition coefficient (Wildman–Crippen LogP) is 2.12. The molecule has 1 aliphatic rings. The Hall–Kier alpha value is -0.120. The monoisotopic (exact) mass is 242 g/mol. The zero-order valence-corrected chi connectivity index (χ0v) is 11.7.